The van der Waals surface area contributed by atoms with Crippen molar-refractivity contribution < 1.29 is 33.6 Å². The monoisotopic (exact) mass is 433 g/mol. The summed E-state index contributed by atoms with van der Waals surface area (Å²) in [5.41, 5.74) is 1.34. The van der Waals surface area contributed by atoms with Crippen LogP contribution in [0.1, 0.15) is 28.6 Å². The maximum Gasteiger partial charge on any atom is 0.225 e. The minimum atomic E-state index is -1.65. The molecule has 4 heterocycles. The Kier molecular flexibility index (Phi) is 4.77. The van der Waals surface area contributed by atoms with Crippen molar-refractivity contribution in [3.05, 3.63) is 64.2 Å². The number of nitrogens with zero attached hydrogens (tertiary/aromatic N) is 1. The largest absolute Gasteiger partial charge is 0.463 e. The molecule has 0 bridgehead atoms. The quantitative estimate of drug-likeness (QED) is 0.582. The first-order valence-corrected chi connectivity index (χ1v) is 10.4. The number of halogens is 1. The van der Waals surface area contributed by atoms with Gasteiger partial charge < -0.3 is 29.2 Å². The third kappa shape index (κ3) is 3.01. The second-order valence-electron chi connectivity index (χ2n) is 7.58. The van der Waals surface area contributed by atoms with E-state index in [2.05, 4.69) is 4.98 Å². The second kappa shape index (κ2) is 7.23. The molecule has 2 aliphatic heterocycles. The molecule has 1 fully saturated rings. The van der Waals surface area contributed by atoms with Crippen molar-refractivity contribution in [3.8, 4) is 10.6 Å². The Morgan fingerprint density at radius 3 is 2.87 bits per heavy atom. The molecule has 1 aromatic carbocycles. The van der Waals surface area contributed by atoms with E-state index < -0.39 is 36.0 Å². The van der Waals surface area contributed by atoms with Crippen LogP contribution in [0.3, 0.4) is 0 Å². The molecule has 2 aliphatic rings. The summed E-state index contributed by atoms with van der Waals surface area (Å²) < 4.78 is 31.7. The first-order chi connectivity index (χ1) is 14.4. The van der Waals surface area contributed by atoms with Crippen LogP contribution in [0.5, 0.6) is 0 Å². The third-order valence-corrected chi connectivity index (χ3v) is 6.67. The maximum absolute atomic E-state index is 14.8. The zero-order valence-corrected chi connectivity index (χ0v) is 16.8. The van der Waals surface area contributed by atoms with Gasteiger partial charge in [-0.2, -0.15) is 0 Å². The molecule has 9 heteroatoms. The first kappa shape index (κ1) is 19.8. The molecule has 0 radical (unpaired) electrons. The van der Waals surface area contributed by atoms with Crippen molar-refractivity contribution >= 4 is 11.3 Å². The van der Waals surface area contributed by atoms with Crippen LogP contribution in [0.4, 0.5) is 4.39 Å². The number of hydrogen-bond acceptors (Lipinski definition) is 8. The fraction of sp³-hybridized carbons (Fsp3) is 0.381. The van der Waals surface area contributed by atoms with E-state index in [1.54, 1.807) is 31.5 Å². The van der Waals surface area contributed by atoms with Gasteiger partial charge in [0, 0.05) is 18.2 Å². The summed E-state index contributed by atoms with van der Waals surface area (Å²) in [5.74, 6) is -1.37. The average Bonchev–Trinajstić information content (AvgIpc) is 3.47. The topological polar surface area (TPSA) is 105 Å². The molecule has 2 aromatic heterocycles. The fourth-order valence-corrected chi connectivity index (χ4v) is 4.94. The lowest BCUT2D eigenvalue weighted by molar-refractivity contribution is -0.362. The van der Waals surface area contributed by atoms with Gasteiger partial charge in [-0.3, -0.25) is 0 Å². The number of ether oxygens (including phenoxy) is 2. The number of fused-ring (bicyclic) bond motifs is 2. The highest BCUT2D eigenvalue weighted by Crippen LogP contribution is 2.46. The van der Waals surface area contributed by atoms with Gasteiger partial charge in [-0.25, -0.2) is 9.37 Å². The lowest BCUT2D eigenvalue weighted by Gasteiger charge is -2.45. The summed E-state index contributed by atoms with van der Waals surface area (Å²) in [6, 6.07) is 6.57. The van der Waals surface area contributed by atoms with Gasteiger partial charge in [0.1, 0.15) is 29.9 Å². The maximum atomic E-state index is 14.8. The molecule has 5 atom stereocenters. The van der Waals surface area contributed by atoms with Crippen molar-refractivity contribution in [2.24, 2.45) is 0 Å². The van der Waals surface area contributed by atoms with Gasteiger partial charge in [-0.1, -0.05) is 0 Å². The molecule has 0 saturated carbocycles. The minimum absolute atomic E-state index is 0.0268. The van der Waals surface area contributed by atoms with Gasteiger partial charge in [0.05, 0.1) is 28.9 Å². The van der Waals surface area contributed by atoms with E-state index in [0.717, 1.165) is 4.88 Å². The van der Waals surface area contributed by atoms with E-state index in [9.17, 15) is 19.7 Å². The number of rotatable bonds is 3. The van der Waals surface area contributed by atoms with E-state index in [1.165, 1.54) is 17.4 Å². The molecule has 3 N–H and O–H groups in total. The van der Waals surface area contributed by atoms with Gasteiger partial charge in [-0.05, 0) is 42.3 Å². The molecule has 7 nitrogen and oxygen atoms in total. The van der Waals surface area contributed by atoms with Crippen molar-refractivity contribution in [2.75, 3.05) is 0 Å². The lowest BCUT2D eigenvalue weighted by Crippen LogP contribution is -2.62. The summed E-state index contributed by atoms with van der Waals surface area (Å²) in [4.78, 5) is 5.20. The van der Waals surface area contributed by atoms with Crippen molar-refractivity contribution in [2.45, 2.75) is 50.2 Å². The highest BCUT2D eigenvalue weighted by Gasteiger charge is 2.57. The minimum Gasteiger partial charge on any atom is -0.463 e. The van der Waals surface area contributed by atoms with Gasteiger partial charge in [-0.15, -0.1) is 11.3 Å². The van der Waals surface area contributed by atoms with Crippen LogP contribution in [0, 0.1) is 5.82 Å². The molecular weight excluding hydrogens is 413 g/mol. The van der Waals surface area contributed by atoms with Gasteiger partial charge in [0.2, 0.25) is 5.79 Å². The number of aromatic nitrogens is 1. The third-order valence-electron chi connectivity index (χ3n) is 5.65. The van der Waals surface area contributed by atoms with Crippen LogP contribution in [0.15, 0.2) is 41.1 Å². The second-order valence-corrected chi connectivity index (χ2v) is 8.69. The molecule has 158 valence electrons. The Labute approximate surface area is 175 Å². The smallest absolute Gasteiger partial charge is 0.225 e. The Bertz CT molecular complexity index is 1070. The van der Waals surface area contributed by atoms with E-state index >= 15 is 0 Å². The SMILES string of the molecule is C[C@H]1O[C@]2(OCc3cc(F)c(Cc4ncc(-c5ccco5)s4)cc32)[C@H](O)[C@@H](O)[C@@H]1O. The van der Waals surface area contributed by atoms with Crippen molar-refractivity contribution in [1.29, 1.82) is 0 Å². The summed E-state index contributed by atoms with van der Waals surface area (Å²) >= 11 is 1.40. The zero-order chi connectivity index (χ0) is 21.0. The Balaban J connectivity index is 1.49. The van der Waals surface area contributed by atoms with E-state index in [0.29, 0.717) is 27.5 Å². The molecular formula is C21H20FNO6S. The van der Waals surface area contributed by atoms with Crippen LogP contribution in [-0.2, 0) is 28.3 Å². The zero-order valence-electron chi connectivity index (χ0n) is 16.0. The lowest BCUT2D eigenvalue weighted by atomic mass is 9.87. The summed E-state index contributed by atoms with van der Waals surface area (Å²) in [5, 5.41) is 31.6. The van der Waals surface area contributed by atoms with E-state index in [-0.39, 0.29) is 13.0 Å². The summed E-state index contributed by atoms with van der Waals surface area (Å²) in [6.45, 7) is 1.61. The standard InChI is InChI=1S/C21H20FNO6S/c1-10-18(24)19(25)20(26)21(29-10)13-5-11(14(22)6-12(13)9-28-21)7-17-23-8-16(30-17)15-3-2-4-27-15/h2-6,8,10,18-20,24-26H,7,9H2,1H3/t10-,18-,19+,20-,21+/m1/s1. The fourth-order valence-electron chi connectivity index (χ4n) is 4.04. The molecule has 5 rings (SSSR count). The number of benzene rings is 1. The number of thiazole rings is 1. The number of aliphatic hydroxyl groups excluding tert-OH is 3. The molecule has 3 aromatic rings. The molecule has 1 spiro atoms. The predicted octanol–water partition coefficient (Wildman–Crippen LogP) is 2.32. The highest BCUT2D eigenvalue weighted by atomic mass is 32.1. The van der Waals surface area contributed by atoms with Gasteiger partial charge in [0.25, 0.3) is 0 Å². The highest BCUT2D eigenvalue weighted by molar-refractivity contribution is 7.15. The van der Waals surface area contributed by atoms with Crippen molar-refractivity contribution in [3.63, 3.8) is 0 Å². The first-order valence-electron chi connectivity index (χ1n) is 9.55. The average molecular weight is 433 g/mol. The Morgan fingerprint density at radius 2 is 2.10 bits per heavy atom. The molecule has 0 amide bonds. The van der Waals surface area contributed by atoms with Crippen LogP contribution in [-0.4, -0.2) is 44.7 Å². The van der Waals surface area contributed by atoms with Crippen LogP contribution >= 0.6 is 11.3 Å². The molecule has 0 aliphatic carbocycles. The molecule has 30 heavy (non-hydrogen) atoms. The predicted molar refractivity (Wildman–Crippen MR) is 104 cm³/mol. The van der Waals surface area contributed by atoms with Crippen LogP contribution < -0.4 is 0 Å². The molecule has 1 saturated heterocycles. The van der Waals surface area contributed by atoms with E-state index in [4.69, 9.17) is 13.9 Å². The van der Waals surface area contributed by atoms with Crippen molar-refractivity contribution in [1.82, 2.24) is 4.98 Å². The van der Waals surface area contributed by atoms with E-state index in [1.807, 2.05) is 6.07 Å². The number of furan rings is 1. The number of aliphatic hydroxyl groups is 3. The Morgan fingerprint density at radius 1 is 1.27 bits per heavy atom. The van der Waals surface area contributed by atoms with Gasteiger partial charge in [0.15, 0.2) is 0 Å². The van der Waals surface area contributed by atoms with Crippen LogP contribution in [0.25, 0.3) is 10.6 Å². The summed E-state index contributed by atoms with van der Waals surface area (Å²) in [7, 11) is 0. The Hall–Kier alpha value is -2.14. The number of hydrogen-bond donors (Lipinski definition) is 3. The summed E-state index contributed by atoms with van der Waals surface area (Å²) in [6.07, 6.45) is -1.52. The van der Waals surface area contributed by atoms with Gasteiger partial charge >= 0.3 is 0 Å². The van der Waals surface area contributed by atoms with Crippen LogP contribution in [0.2, 0.25) is 0 Å². The molecule has 0 unspecified atom stereocenters. The normalized spacial score (nSPS) is 30.7.